The highest BCUT2D eigenvalue weighted by atomic mass is 35.5. The van der Waals surface area contributed by atoms with E-state index >= 15 is 0 Å². The Morgan fingerprint density at radius 1 is 1.57 bits per heavy atom. The first-order chi connectivity index (χ1) is 3.13. The summed E-state index contributed by atoms with van der Waals surface area (Å²) in [4.78, 5) is 0. The molecule has 0 aromatic rings. The Balaban J connectivity index is 3.13. The fourth-order valence-corrected chi connectivity index (χ4v) is 0.651. The molecule has 0 atom stereocenters. The maximum Gasteiger partial charge on any atom is 0.0114 e. The van der Waals surface area contributed by atoms with Crippen molar-refractivity contribution in [2.24, 2.45) is 0 Å². The summed E-state index contributed by atoms with van der Waals surface area (Å²) >= 11 is 5.46. The molecule has 7 heavy (non-hydrogen) atoms. The van der Waals surface area contributed by atoms with Crippen LogP contribution in [0.25, 0.3) is 0 Å². The highest BCUT2D eigenvalue weighted by Gasteiger charge is 1.92. The molecule has 0 aliphatic rings. The summed E-state index contributed by atoms with van der Waals surface area (Å²) in [5.41, 5.74) is 0. The van der Waals surface area contributed by atoms with E-state index < -0.39 is 0 Å². The normalized spacial score (nSPS) is 9.71. The van der Waals surface area contributed by atoms with Crippen LogP contribution in [-0.2, 0) is 0 Å². The summed E-state index contributed by atoms with van der Waals surface area (Å²) in [7, 11) is 0. The molecule has 0 fully saturated rings. The average molecular weight is 118 g/mol. The van der Waals surface area contributed by atoms with E-state index in [1.807, 2.05) is 13.8 Å². The van der Waals surface area contributed by atoms with Gasteiger partial charge in [0.1, 0.15) is 0 Å². The van der Waals surface area contributed by atoms with Crippen LogP contribution in [0.5, 0.6) is 0 Å². The van der Waals surface area contributed by atoms with Gasteiger partial charge in [-0.15, -0.1) is 0 Å². The van der Waals surface area contributed by atoms with Crippen LogP contribution in [0.4, 0.5) is 0 Å². The third-order valence-corrected chi connectivity index (χ3v) is 0.679. The number of hydrogen-bond acceptors (Lipinski definition) is 0. The van der Waals surface area contributed by atoms with Crippen LogP contribution < -0.4 is 0 Å². The van der Waals surface area contributed by atoms with Gasteiger partial charge in [-0.25, -0.2) is 0 Å². The number of halogens is 1. The topological polar surface area (TPSA) is 0 Å². The third kappa shape index (κ3) is 6.03. The van der Waals surface area contributed by atoms with Crippen LogP contribution in [0.1, 0.15) is 20.3 Å². The summed E-state index contributed by atoms with van der Waals surface area (Å²) in [5, 5.41) is 0.722. The van der Waals surface area contributed by atoms with E-state index in [2.05, 4.69) is 6.58 Å². The van der Waals surface area contributed by atoms with Crippen molar-refractivity contribution in [3.8, 4) is 0 Å². The Morgan fingerprint density at radius 2 is 2.00 bits per heavy atom. The van der Waals surface area contributed by atoms with Crippen LogP contribution in [0.15, 0.2) is 11.6 Å². The van der Waals surface area contributed by atoms with Gasteiger partial charge in [-0.1, -0.05) is 32.0 Å². The maximum absolute atomic E-state index is 5.46. The van der Waals surface area contributed by atoms with Gasteiger partial charge >= 0.3 is 0 Å². The largest absolute Gasteiger partial charge is 0.0898 e. The highest BCUT2D eigenvalue weighted by Crippen LogP contribution is 2.12. The smallest absolute Gasteiger partial charge is 0.0114 e. The van der Waals surface area contributed by atoms with E-state index in [1.54, 1.807) is 0 Å². The van der Waals surface area contributed by atoms with Gasteiger partial charge in [0, 0.05) is 5.03 Å². The molecule has 0 aromatic carbocycles. The fourth-order valence-electron chi connectivity index (χ4n) is 0.384. The predicted molar refractivity (Wildman–Crippen MR) is 34.2 cm³/mol. The van der Waals surface area contributed by atoms with Crippen molar-refractivity contribution in [2.45, 2.75) is 20.3 Å². The van der Waals surface area contributed by atoms with Gasteiger partial charge in [0.2, 0.25) is 0 Å². The van der Waals surface area contributed by atoms with Crippen LogP contribution in [0.2, 0.25) is 0 Å². The molecule has 0 rings (SSSR count). The lowest BCUT2D eigenvalue weighted by Gasteiger charge is -1.97. The minimum absolute atomic E-state index is 0.722. The van der Waals surface area contributed by atoms with Crippen LogP contribution in [0, 0.1) is 5.92 Å². The monoisotopic (exact) mass is 117 g/mol. The molecule has 0 aromatic heterocycles. The number of hydrogen-bond donors (Lipinski definition) is 0. The summed E-state index contributed by atoms with van der Waals surface area (Å²) in [6.07, 6.45) is 0.849. The zero-order valence-corrected chi connectivity index (χ0v) is 5.55. The maximum atomic E-state index is 5.46. The molecule has 0 spiro atoms. The lowest BCUT2D eigenvalue weighted by Crippen LogP contribution is -1.80. The van der Waals surface area contributed by atoms with E-state index in [-0.39, 0.29) is 0 Å². The van der Waals surface area contributed by atoms with Crippen molar-refractivity contribution < 1.29 is 0 Å². The van der Waals surface area contributed by atoms with Crippen LogP contribution in [0.3, 0.4) is 0 Å². The van der Waals surface area contributed by atoms with E-state index in [0.717, 1.165) is 11.5 Å². The molecular formula is C6H10Cl. The van der Waals surface area contributed by atoms with E-state index in [1.165, 1.54) is 5.92 Å². The Morgan fingerprint density at radius 3 is 2.00 bits per heavy atom. The van der Waals surface area contributed by atoms with Gasteiger partial charge in [0.05, 0.1) is 0 Å². The van der Waals surface area contributed by atoms with Crippen molar-refractivity contribution >= 4 is 11.6 Å². The first kappa shape index (κ1) is 7.03. The van der Waals surface area contributed by atoms with Crippen LogP contribution in [-0.4, -0.2) is 0 Å². The van der Waals surface area contributed by atoms with E-state index in [0.29, 0.717) is 0 Å². The fraction of sp³-hybridized carbons (Fsp3) is 0.500. The molecule has 0 nitrogen and oxygen atoms in total. The lowest BCUT2D eigenvalue weighted by atomic mass is 10.1. The molecule has 1 heteroatoms. The first-order valence-electron chi connectivity index (χ1n) is 2.25. The van der Waals surface area contributed by atoms with Crippen molar-refractivity contribution in [2.75, 3.05) is 0 Å². The van der Waals surface area contributed by atoms with E-state index in [4.69, 9.17) is 11.6 Å². The molecule has 1 radical (unpaired) electrons. The van der Waals surface area contributed by atoms with Crippen molar-refractivity contribution in [1.29, 1.82) is 0 Å². The molecule has 0 aliphatic carbocycles. The first-order valence-corrected chi connectivity index (χ1v) is 2.63. The minimum Gasteiger partial charge on any atom is -0.0898 e. The number of rotatable bonds is 2. The second kappa shape index (κ2) is 3.09. The summed E-state index contributed by atoms with van der Waals surface area (Å²) in [6, 6.07) is 0. The second-order valence-electron chi connectivity index (χ2n) is 1.90. The van der Waals surface area contributed by atoms with Gasteiger partial charge in [0.25, 0.3) is 0 Å². The van der Waals surface area contributed by atoms with Gasteiger partial charge < -0.3 is 0 Å². The Labute approximate surface area is 50.2 Å². The van der Waals surface area contributed by atoms with Crippen molar-refractivity contribution in [3.63, 3.8) is 0 Å². The zero-order chi connectivity index (χ0) is 5.86. The number of allylic oxidation sites excluding steroid dienone is 1. The van der Waals surface area contributed by atoms with Crippen LogP contribution >= 0.6 is 11.6 Å². The quantitative estimate of drug-likeness (QED) is 0.522. The summed E-state index contributed by atoms with van der Waals surface area (Å²) < 4.78 is 0. The second-order valence-corrected chi connectivity index (χ2v) is 2.44. The average Bonchev–Trinajstić information content (AvgIpc) is 1.27. The van der Waals surface area contributed by atoms with E-state index in [9.17, 15) is 0 Å². The van der Waals surface area contributed by atoms with Crippen molar-refractivity contribution in [3.05, 3.63) is 17.5 Å². The Bertz CT molecular complexity index is 64.6. The molecular weight excluding hydrogens is 108 g/mol. The molecule has 0 saturated carbocycles. The van der Waals surface area contributed by atoms with Gasteiger partial charge in [0.15, 0.2) is 0 Å². The van der Waals surface area contributed by atoms with Gasteiger partial charge in [-0.3, -0.25) is 0 Å². The molecule has 0 saturated heterocycles. The molecule has 41 valence electrons. The summed E-state index contributed by atoms with van der Waals surface area (Å²) in [6.45, 7) is 7.61. The Hall–Kier alpha value is 0.0300. The van der Waals surface area contributed by atoms with Crippen molar-refractivity contribution in [1.82, 2.24) is 0 Å². The molecule has 0 amide bonds. The highest BCUT2D eigenvalue weighted by molar-refractivity contribution is 6.29. The Kier molecular flexibility index (Phi) is 3.10. The zero-order valence-electron chi connectivity index (χ0n) is 4.79. The third-order valence-electron chi connectivity index (χ3n) is 0.545. The molecule has 0 heterocycles. The SMILES string of the molecule is C=C(Cl)C[C](C)C. The molecule has 0 N–H and O–H groups in total. The molecule has 0 unspecified atom stereocenters. The predicted octanol–water partition coefficient (Wildman–Crippen LogP) is 2.74. The van der Waals surface area contributed by atoms with Gasteiger partial charge in [-0.2, -0.15) is 0 Å². The van der Waals surface area contributed by atoms with Gasteiger partial charge in [-0.05, 0) is 12.3 Å². The molecule has 0 aliphatic heterocycles. The standard InChI is InChI=1S/C6H10Cl/c1-5(2)4-6(3)7/h3-4H2,1-2H3. The molecule has 0 bridgehead atoms. The minimum atomic E-state index is 0.722. The lowest BCUT2D eigenvalue weighted by molar-refractivity contribution is 0.981. The summed E-state index contributed by atoms with van der Waals surface area (Å²) in [5.74, 6) is 1.31.